The fourth-order valence-corrected chi connectivity index (χ4v) is 5.29. The van der Waals surface area contributed by atoms with Crippen molar-refractivity contribution in [2.75, 3.05) is 72.5 Å². The minimum absolute atomic E-state index is 0.0514. The van der Waals surface area contributed by atoms with Crippen LogP contribution in [0.1, 0.15) is 75.6 Å². The Kier molecular flexibility index (Phi) is 16.3. The van der Waals surface area contributed by atoms with Gasteiger partial charge >= 0.3 is 6.01 Å². The van der Waals surface area contributed by atoms with Gasteiger partial charge in [-0.25, -0.2) is 0 Å². The van der Waals surface area contributed by atoms with Crippen molar-refractivity contribution in [2.24, 2.45) is 0 Å². The first-order valence-electron chi connectivity index (χ1n) is 16.4. The van der Waals surface area contributed by atoms with Gasteiger partial charge in [-0.3, -0.25) is 4.79 Å². The van der Waals surface area contributed by atoms with E-state index in [9.17, 15) is 4.79 Å². The molecule has 10 heteroatoms. The topological polar surface area (TPSA) is 102 Å². The van der Waals surface area contributed by atoms with Crippen LogP contribution in [0.3, 0.4) is 0 Å². The first-order chi connectivity index (χ1) is 22.0. The number of nitrogens with zero attached hydrogens (tertiary/aromatic N) is 4. The second-order valence-electron chi connectivity index (χ2n) is 11.2. The number of rotatable bonds is 19. The fraction of sp³-hybridized carbons (Fsp3) is 0.571. The number of carbonyl (C=O) groups is 1. The molecule has 3 aromatic rings. The largest absolute Gasteiger partial charge is 0.496 e. The summed E-state index contributed by atoms with van der Waals surface area (Å²) >= 11 is 0. The summed E-state index contributed by atoms with van der Waals surface area (Å²) in [6.07, 6.45) is 8.88. The Morgan fingerprint density at radius 1 is 0.911 bits per heavy atom. The predicted octanol–water partition coefficient (Wildman–Crippen LogP) is 6.82. The summed E-state index contributed by atoms with van der Waals surface area (Å²) in [5.41, 5.74) is 1.48. The van der Waals surface area contributed by atoms with E-state index in [0.29, 0.717) is 41.1 Å². The molecule has 0 saturated carbocycles. The average molecular weight is 624 g/mol. The maximum Gasteiger partial charge on any atom is 0.321 e. The minimum atomic E-state index is 0.0514. The Morgan fingerprint density at radius 3 is 2.13 bits per heavy atom. The lowest BCUT2D eigenvalue weighted by Gasteiger charge is -2.21. The highest BCUT2D eigenvalue weighted by Gasteiger charge is 2.21. The molecule has 1 saturated heterocycles. The summed E-state index contributed by atoms with van der Waals surface area (Å²) < 4.78 is 21.2. The van der Waals surface area contributed by atoms with Gasteiger partial charge in [-0.15, -0.1) is 0 Å². The van der Waals surface area contributed by atoms with Crippen LogP contribution in [-0.2, 0) is 0 Å². The highest BCUT2D eigenvalue weighted by molar-refractivity contribution is 6.01. The number of ketones is 1. The number of unbranched alkanes of at least 4 members (excludes halogenated alkanes) is 2. The van der Waals surface area contributed by atoms with Crippen molar-refractivity contribution in [1.82, 2.24) is 19.9 Å². The minimum Gasteiger partial charge on any atom is -0.496 e. The summed E-state index contributed by atoms with van der Waals surface area (Å²) in [5.74, 6) is 2.30. The Balaban J connectivity index is 0.000000246. The molecule has 248 valence electrons. The second-order valence-corrected chi connectivity index (χ2v) is 11.2. The molecule has 1 aromatic heterocycles. The molecule has 1 fully saturated rings. The van der Waals surface area contributed by atoms with E-state index < -0.39 is 0 Å². The van der Waals surface area contributed by atoms with E-state index in [2.05, 4.69) is 39.1 Å². The van der Waals surface area contributed by atoms with E-state index in [-0.39, 0.29) is 5.78 Å². The van der Waals surface area contributed by atoms with Crippen LogP contribution in [0.4, 0.5) is 6.01 Å². The molecule has 10 nitrogen and oxygen atoms in total. The van der Waals surface area contributed by atoms with E-state index in [4.69, 9.17) is 18.7 Å². The van der Waals surface area contributed by atoms with Gasteiger partial charge in [0.25, 0.3) is 0 Å². The van der Waals surface area contributed by atoms with Gasteiger partial charge in [0.2, 0.25) is 5.82 Å². The highest BCUT2D eigenvalue weighted by Crippen LogP contribution is 2.35. The zero-order chi connectivity index (χ0) is 32.3. The number of carbonyl (C=O) groups excluding carboxylic acids is 1. The van der Waals surface area contributed by atoms with Crippen LogP contribution in [0.5, 0.6) is 17.2 Å². The monoisotopic (exact) mass is 623 g/mol. The van der Waals surface area contributed by atoms with Crippen molar-refractivity contribution in [3.63, 3.8) is 0 Å². The smallest absolute Gasteiger partial charge is 0.321 e. The summed E-state index contributed by atoms with van der Waals surface area (Å²) in [5, 5.41) is 7.26. The van der Waals surface area contributed by atoms with Gasteiger partial charge in [-0.1, -0.05) is 62.2 Å². The number of anilines is 1. The first kappa shape index (κ1) is 35.8. The van der Waals surface area contributed by atoms with Crippen molar-refractivity contribution in [3.05, 3.63) is 48.0 Å². The standard InChI is InChI=1S/C18H28N4O.C17H25NO4/c1-3-5-13-22(14-6-4-2)15-12-19-18-20-17(21-23-18)16-10-8-7-9-11-16;1-20-13-11-15(21-2)17(16(12-13)22-3)14(19)7-6-10-18-8-4-5-9-18/h7-11H,3-6,12-15H2,1-2H3,(H,19,20,21);11-12H,4-10H2,1-3H3. The third kappa shape index (κ3) is 12.0. The van der Waals surface area contributed by atoms with Crippen LogP contribution in [-0.4, -0.2) is 92.9 Å². The molecular formula is C35H53N5O5. The Labute approximate surface area is 269 Å². The van der Waals surface area contributed by atoms with Gasteiger partial charge in [0.15, 0.2) is 5.78 Å². The van der Waals surface area contributed by atoms with Gasteiger partial charge in [0.1, 0.15) is 22.8 Å². The Morgan fingerprint density at radius 2 is 1.56 bits per heavy atom. The number of ether oxygens (including phenoxy) is 3. The number of aromatic nitrogens is 2. The normalized spacial score (nSPS) is 12.9. The number of methoxy groups -OCH3 is 3. The molecular weight excluding hydrogens is 570 g/mol. The lowest BCUT2D eigenvalue weighted by atomic mass is 10.0. The van der Waals surface area contributed by atoms with Gasteiger partial charge < -0.3 is 33.9 Å². The zero-order valence-corrected chi connectivity index (χ0v) is 28.0. The molecule has 1 N–H and O–H groups in total. The van der Waals surface area contributed by atoms with Crippen LogP contribution in [0, 0.1) is 0 Å². The van der Waals surface area contributed by atoms with Gasteiger partial charge in [-0.2, -0.15) is 4.98 Å². The quantitative estimate of drug-likeness (QED) is 0.143. The molecule has 0 aliphatic carbocycles. The third-order valence-corrected chi connectivity index (χ3v) is 7.89. The molecule has 0 amide bonds. The molecule has 2 heterocycles. The molecule has 2 aromatic carbocycles. The molecule has 0 bridgehead atoms. The van der Waals surface area contributed by atoms with Crippen LogP contribution in [0.25, 0.3) is 11.4 Å². The maximum atomic E-state index is 12.6. The van der Waals surface area contributed by atoms with E-state index in [1.54, 1.807) is 33.5 Å². The lowest BCUT2D eigenvalue weighted by molar-refractivity contribution is 0.0970. The number of hydrogen-bond donors (Lipinski definition) is 1. The van der Waals surface area contributed by atoms with Gasteiger partial charge in [-0.05, 0) is 64.8 Å². The predicted molar refractivity (Wildman–Crippen MR) is 180 cm³/mol. The fourth-order valence-electron chi connectivity index (χ4n) is 5.29. The van der Waals surface area contributed by atoms with Crippen LogP contribution in [0.2, 0.25) is 0 Å². The maximum absolute atomic E-state index is 12.6. The summed E-state index contributed by atoms with van der Waals surface area (Å²) in [6, 6.07) is 13.8. The third-order valence-electron chi connectivity index (χ3n) is 7.89. The Hall–Kier alpha value is -3.63. The van der Waals surface area contributed by atoms with E-state index in [0.717, 1.165) is 57.8 Å². The molecule has 1 aliphatic heterocycles. The lowest BCUT2D eigenvalue weighted by Crippen LogP contribution is -2.31. The molecule has 0 atom stereocenters. The molecule has 1 aliphatic rings. The van der Waals surface area contributed by atoms with Crippen LogP contribution in [0.15, 0.2) is 47.0 Å². The van der Waals surface area contributed by atoms with Crippen molar-refractivity contribution < 1.29 is 23.5 Å². The van der Waals surface area contributed by atoms with Gasteiger partial charge in [0.05, 0.1) is 21.3 Å². The number of likely N-dealkylation sites (tertiary alicyclic amines) is 1. The molecule has 0 spiro atoms. The van der Waals surface area contributed by atoms with Crippen molar-refractivity contribution in [3.8, 4) is 28.6 Å². The second kappa shape index (κ2) is 20.4. The summed E-state index contributed by atoms with van der Waals surface area (Å²) in [7, 11) is 4.68. The van der Waals surface area contributed by atoms with Crippen LogP contribution >= 0.6 is 0 Å². The van der Waals surface area contributed by atoms with E-state index in [1.165, 1.54) is 38.5 Å². The van der Waals surface area contributed by atoms with Crippen molar-refractivity contribution >= 4 is 11.8 Å². The molecule has 45 heavy (non-hydrogen) atoms. The highest BCUT2D eigenvalue weighted by atomic mass is 16.5. The number of Topliss-reactive ketones (excluding diaryl/α,β-unsaturated/α-hetero) is 1. The average Bonchev–Trinajstić information content (AvgIpc) is 3.78. The number of benzene rings is 2. The molecule has 4 rings (SSSR count). The number of nitrogens with one attached hydrogen (secondary N) is 1. The molecule has 0 radical (unpaired) electrons. The van der Waals surface area contributed by atoms with Crippen molar-refractivity contribution in [2.45, 2.75) is 65.2 Å². The SMILES string of the molecule is CCCCN(CCCC)CCNc1nc(-c2ccccc2)no1.COc1cc(OC)c(C(=O)CCCN2CCCC2)c(OC)c1. The van der Waals surface area contributed by atoms with Crippen LogP contribution < -0.4 is 19.5 Å². The zero-order valence-electron chi connectivity index (χ0n) is 28.0. The number of hydrogen-bond acceptors (Lipinski definition) is 10. The van der Waals surface area contributed by atoms with E-state index >= 15 is 0 Å². The summed E-state index contributed by atoms with van der Waals surface area (Å²) in [4.78, 5) is 21.9. The van der Waals surface area contributed by atoms with Crippen molar-refractivity contribution in [1.29, 1.82) is 0 Å². The summed E-state index contributed by atoms with van der Waals surface area (Å²) in [6.45, 7) is 11.9. The Bertz CT molecular complexity index is 1210. The van der Waals surface area contributed by atoms with Gasteiger partial charge in [0, 0.05) is 37.2 Å². The van der Waals surface area contributed by atoms with E-state index in [1.807, 2.05) is 30.3 Å². The molecule has 0 unspecified atom stereocenters. The first-order valence-corrected chi connectivity index (χ1v) is 16.4.